The Morgan fingerprint density at radius 1 is 0.741 bits per heavy atom. The molecule has 2 aliphatic carbocycles. The van der Waals surface area contributed by atoms with Crippen LogP contribution in [0.2, 0.25) is 10.0 Å². The van der Waals surface area contributed by atoms with E-state index in [0.29, 0.717) is 44.9 Å². The van der Waals surface area contributed by atoms with E-state index in [1.165, 1.54) is 25.2 Å². The van der Waals surface area contributed by atoms with E-state index >= 15 is 0 Å². The largest absolute Gasteiger partial charge is 0.477 e. The molecule has 54 heavy (non-hydrogen) atoms. The first-order chi connectivity index (χ1) is 26.1. The lowest BCUT2D eigenvalue weighted by Crippen LogP contribution is -2.24. The van der Waals surface area contributed by atoms with Gasteiger partial charge in [-0.25, -0.2) is 19.6 Å². The molecule has 0 amide bonds. The fraction of sp³-hybridized carbons (Fsp3) is 0.421. The number of rotatable bonds is 13. The summed E-state index contributed by atoms with van der Waals surface area (Å²) >= 11 is 12.2. The van der Waals surface area contributed by atoms with E-state index in [-0.39, 0.29) is 55.9 Å². The highest BCUT2D eigenvalue weighted by Gasteiger charge is 2.47. The fourth-order valence-corrected chi connectivity index (χ4v) is 7.31. The van der Waals surface area contributed by atoms with Crippen molar-refractivity contribution in [2.24, 2.45) is 23.7 Å². The molecule has 4 heterocycles. The Balaban J connectivity index is 0.000000167. The van der Waals surface area contributed by atoms with Crippen LogP contribution in [0.4, 0.5) is 11.9 Å². The number of hydrogen-bond acceptors (Lipinski definition) is 13. The van der Waals surface area contributed by atoms with Gasteiger partial charge in [-0.05, 0) is 77.8 Å². The number of aromatic carboxylic acids is 1. The van der Waals surface area contributed by atoms with Crippen LogP contribution in [-0.2, 0) is 31.2 Å². The number of piperidine rings is 2. The second-order valence-corrected chi connectivity index (χ2v) is 14.7. The molecule has 2 aromatic carbocycles. The van der Waals surface area contributed by atoms with Gasteiger partial charge in [-0.15, -0.1) is 0 Å². The molecule has 2 aliphatic heterocycles. The zero-order valence-corrected chi connectivity index (χ0v) is 31.0. The SMILES string of the molecule is CCOC(=O)c1cnc(N2CC3CC3C2)nc1OCc1ccc(CO)c(Cl)c1.O=C(O)c1cnc(N2CC3CC3C2)nc1OCc1ccc(CO)c(Cl)c1. The lowest BCUT2D eigenvalue weighted by molar-refractivity contribution is 0.0518. The summed E-state index contributed by atoms with van der Waals surface area (Å²) < 4.78 is 16.6. The lowest BCUT2D eigenvalue weighted by atomic mass is 10.1. The first-order valence-corrected chi connectivity index (χ1v) is 18.6. The number of aliphatic hydroxyl groups excluding tert-OH is 2. The smallest absolute Gasteiger partial charge is 0.345 e. The number of carbonyl (C=O) groups excluding carboxylic acids is 1. The molecule has 4 atom stereocenters. The number of nitrogens with zero attached hydrogens (tertiary/aromatic N) is 6. The zero-order valence-electron chi connectivity index (χ0n) is 29.5. The first-order valence-electron chi connectivity index (χ1n) is 17.8. The minimum Gasteiger partial charge on any atom is -0.477 e. The number of carboxylic acids is 1. The normalized spacial score (nSPS) is 20.4. The Hall–Kier alpha value is -4.76. The van der Waals surface area contributed by atoms with E-state index in [0.717, 1.165) is 49.1 Å². The number of halogens is 2. The third kappa shape index (κ3) is 8.62. The lowest BCUT2D eigenvalue weighted by Gasteiger charge is -2.19. The molecule has 4 aliphatic rings. The maximum Gasteiger partial charge on any atom is 0.345 e. The number of fused-ring (bicyclic) bond motifs is 2. The zero-order chi connectivity index (χ0) is 37.9. The molecule has 4 unspecified atom stereocenters. The van der Waals surface area contributed by atoms with Gasteiger partial charge < -0.3 is 39.3 Å². The van der Waals surface area contributed by atoms with Crippen molar-refractivity contribution < 1.29 is 39.1 Å². The van der Waals surface area contributed by atoms with Crippen LogP contribution in [0.15, 0.2) is 48.8 Å². The van der Waals surface area contributed by atoms with Gasteiger partial charge in [0.2, 0.25) is 23.7 Å². The third-order valence-electron chi connectivity index (χ3n) is 10.1. The van der Waals surface area contributed by atoms with Crippen molar-refractivity contribution in [2.75, 3.05) is 42.6 Å². The van der Waals surface area contributed by atoms with Crippen LogP contribution in [-0.4, -0.2) is 80.0 Å². The van der Waals surface area contributed by atoms with Crippen LogP contribution in [0.1, 0.15) is 62.7 Å². The Kier molecular flexibility index (Phi) is 11.3. The van der Waals surface area contributed by atoms with E-state index in [1.54, 1.807) is 37.3 Å². The highest BCUT2D eigenvalue weighted by atomic mass is 35.5. The van der Waals surface area contributed by atoms with Crippen molar-refractivity contribution in [2.45, 2.75) is 46.2 Å². The van der Waals surface area contributed by atoms with Crippen molar-refractivity contribution >= 4 is 47.0 Å². The van der Waals surface area contributed by atoms with E-state index in [4.69, 9.17) is 42.5 Å². The van der Waals surface area contributed by atoms with Gasteiger partial charge in [0.25, 0.3) is 0 Å². The third-order valence-corrected chi connectivity index (χ3v) is 10.8. The minimum atomic E-state index is -1.13. The number of aliphatic hydroxyl groups is 2. The molecule has 4 aromatic rings. The second-order valence-electron chi connectivity index (χ2n) is 13.9. The molecule has 14 nitrogen and oxygen atoms in total. The summed E-state index contributed by atoms with van der Waals surface area (Å²) in [6.45, 7) is 5.75. The number of esters is 1. The minimum absolute atomic E-state index is 0.0467. The molecule has 16 heteroatoms. The predicted molar refractivity (Wildman–Crippen MR) is 198 cm³/mol. The molecular weight excluding hydrogens is 739 g/mol. The van der Waals surface area contributed by atoms with E-state index in [9.17, 15) is 19.8 Å². The Bertz CT molecular complexity index is 2020. The summed E-state index contributed by atoms with van der Waals surface area (Å²) in [6.07, 6.45) is 5.32. The molecule has 2 aromatic heterocycles. The number of aromatic nitrogens is 4. The van der Waals surface area contributed by atoms with Gasteiger partial charge in [-0.3, -0.25) is 0 Å². The average molecular weight is 780 g/mol. The summed E-state index contributed by atoms with van der Waals surface area (Å²) in [4.78, 5) is 45.3. The summed E-state index contributed by atoms with van der Waals surface area (Å²) in [5.74, 6) is 2.59. The van der Waals surface area contributed by atoms with E-state index in [2.05, 4.69) is 29.7 Å². The second kappa shape index (κ2) is 16.3. The van der Waals surface area contributed by atoms with Gasteiger partial charge in [0, 0.05) is 36.2 Å². The molecule has 8 rings (SSSR count). The summed E-state index contributed by atoms with van der Waals surface area (Å²) in [5, 5.41) is 28.7. The number of ether oxygens (including phenoxy) is 3. The predicted octanol–water partition coefficient (Wildman–Crippen LogP) is 5.19. The van der Waals surface area contributed by atoms with Crippen LogP contribution < -0.4 is 19.3 Å². The molecule has 2 saturated carbocycles. The van der Waals surface area contributed by atoms with Crippen molar-refractivity contribution in [3.05, 3.63) is 92.2 Å². The summed E-state index contributed by atoms with van der Waals surface area (Å²) in [6, 6.07) is 10.5. The number of hydrogen-bond donors (Lipinski definition) is 3. The number of carboxylic acid groups (broad SMARTS) is 1. The van der Waals surface area contributed by atoms with Crippen molar-refractivity contribution in [1.82, 2.24) is 19.9 Å². The van der Waals surface area contributed by atoms with E-state index < -0.39 is 11.9 Å². The van der Waals surface area contributed by atoms with Crippen LogP contribution in [0, 0.1) is 23.7 Å². The molecule has 3 N–H and O–H groups in total. The quantitative estimate of drug-likeness (QED) is 0.151. The van der Waals surface area contributed by atoms with Crippen LogP contribution in [0.25, 0.3) is 0 Å². The van der Waals surface area contributed by atoms with Gasteiger partial charge in [0.15, 0.2) is 0 Å². The summed E-state index contributed by atoms with van der Waals surface area (Å²) in [7, 11) is 0. The standard InChI is InChI=1S/C20H22ClN3O4.C18H18ClN3O4/c1-2-27-19(26)16-7-22-20(24-8-14-6-15(14)9-24)23-18(16)28-11-12-3-4-13(10-25)17(21)5-12;19-15-3-10(1-2-11(15)8-23)9-26-16-14(17(24)25)5-20-18(21-16)22-6-12-4-13(12)7-22/h3-5,7,14-15,25H,2,6,8-11H2,1H3;1-3,5,12-13,23H,4,6-9H2,(H,24,25). The Labute approximate surface area is 321 Å². The number of carbonyl (C=O) groups is 2. The average Bonchev–Trinajstić information content (AvgIpc) is 4.01. The molecular formula is C38H40Cl2N6O8. The molecule has 2 saturated heterocycles. The molecule has 4 fully saturated rings. The first kappa shape index (κ1) is 37.6. The van der Waals surface area contributed by atoms with Gasteiger partial charge in [-0.1, -0.05) is 47.5 Å². The van der Waals surface area contributed by atoms with Gasteiger partial charge in [0.05, 0.1) is 32.2 Å². The fourth-order valence-electron chi connectivity index (χ4n) is 6.78. The van der Waals surface area contributed by atoms with Gasteiger partial charge in [-0.2, -0.15) is 9.97 Å². The monoisotopic (exact) mass is 778 g/mol. The van der Waals surface area contributed by atoms with E-state index in [1.807, 2.05) is 6.07 Å². The topological polar surface area (TPSA) is 181 Å². The molecule has 0 bridgehead atoms. The maximum atomic E-state index is 12.3. The van der Waals surface area contributed by atoms with Crippen molar-refractivity contribution in [1.29, 1.82) is 0 Å². The Morgan fingerprint density at radius 3 is 1.59 bits per heavy atom. The van der Waals surface area contributed by atoms with Crippen molar-refractivity contribution in [3.63, 3.8) is 0 Å². The van der Waals surface area contributed by atoms with Gasteiger partial charge >= 0.3 is 11.9 Å². The highest BCUT2D eigenvalue weighted by molar-refractivity contribution is 6.31. The Morgan fingerprint density at radius 2 is 1.19 bits per heavy atom. The highest BCUT2D eigenvalue weighted by Crippen LogP contribution is 2.46. The molecule has 284 valence electrons. The van der Waals surface area contributed by atoms with Gasteiger partial charge in [0.1, 0.15) is 24.3 Å². The van der Waals surface area contributed by atoms with Crippen LogP contribution in [0.3, 0.4) is 0 Å². The molecule has 0 spiro atoms. The van der Waals surface area contributed by atoms with Crippen LogP contribution in [0.5, 0.6) is 11.8 Å². The number of anilines is 2. The maximum absolute atomic E-state index is 12.3. The number of benzene rings is 2. The van der Waals surface area contributed by atoms with Crippen LogP contribution >= 0.6 is 23.2 Å². The summed E-state index contributed by atoms with van der Waals surface area (Å²) in [5.41, 5.74) is 2.96. The molecule has 0 radical (unpaired) electrons. The van der Waals surface area contributed by atoms with Crippen molar-refractivity contribution in [3.8, 4) is 11.8 Å².